The summed E-state index contributed by atoms with van der Waals surface area (Å²) >= 11 is 3.32. The third-order valence-corrected chi connectivity index (χ3v) is 3.83. The second kappa shape index (κ2) is 7.97. The summed E-state index contributed by atoms with van der Waals surface area (Å²) in [7, 11) is 1.47. The molecule has 0 spiro atoms. The van der Waals surface area contributed by atoms with Crippen molar-refractivity contribution in [3.8, 4) is 11.5 Å². The number of hydrogen-bond donors (Lipinski definition) is 1. The van der Waals surface area contributed by atoms with Crippen LogP contribution in [0.2, 0.25) is 0 Å². The number of halogens is 1. The summed E-state index contributed by atoms with van der Waals surface area (Å²) < 4.78 is 11.3. The molecular weight excluding hydrogens is 374 g/mol. The summed E-state index contributed by atoms with van der Waals surface area (Å²) in [5.41, 5.74) is 3.31. The number of amides is 1. The molecule has 126 valence electrons. The van der Waals surface area contributed by atoms with E-state index in [0.717, 1.165) is 16.8 Å². The minimum atomic E-state index is -0.284. The smallest absolute Gasteiger partial charge is 0.262 e. The molecule has 1 N–H and O–H groups in total. The van der Waals surface area contributed by atoms with Crippen LogP contribution in [0.15, 0.2) is 34.8 Å². The lowest BCUT2D eigenvalue weighted by molar-refractivity contribution is -0.118. The van der Waals surface area contributed by atoms with Gasteiger partial charge in [0.05, 0.1) is 11.6 Å². The Balaban J connectivity index is 2.07. The summed E-state index contributed by atoms with van der Waals surface area (Å²) in [5.74, 6) is 0.470. The van der Waals surface area contributed by atoms with E-state index < -0.39 is 0 Å². The maximum atomic E-state index is 12.1. The number of carbonyl (C=O) groups is 2. The van der Waals surface area contributed by atoms with Crippen molar-refractivity contribution in [2.45, 2.75) is 13.8 Å². The highest BCUT2D eigenvalue weighted by atomic mass is 79.9. The van der Waals surface area contributed by atoms with E-state index in [1.807, 2.05) is 32.0 Å². The van der Waals surface area contributed by atoms with Crippen molar-refractivity contribution in [1.82, 2.24) is 0 Å². The topological polar surface area (TPSA) is 64.6 Å². The molecule has 0 bridgehead atoms. The van der Waals surface area contributed by atoms with Gasteiger partial charge in [0.25, 0.3) is 5.91 Å². The van der Waals surface area contributed by atoms with Crippen molar-refractivity contribution < 1.29 is 19.1 Å². The molecule has 0 atom stereocenters. The first-order valence-corrected chi connectivity index (χ1v) is 8.06. The van der Waals surface area contributed by atoms with Gasteiger partial charge in [-0.1, -0.05) is 6.07 Å². The van der Waals surface area contributed by atoms with Gasteiger partial charge >= 0.3 is 0 Å². The Morgan fingerprint density at radius 3 is 2.42 bits per heavy atom. The number of anilines is 1. The van der Waals surface area contributed by atoms with Crippen LogP contribution in [-0.2, 0) is 4.79 Å². The zero-order valence-corrected chi connectivity index (χ0v) is 15.3. The molecule has 2 aromatic rings. The predicted octanol–water partition coefficient (Wildman–Crippen LogP) is 3.90. The van der Waals surface area contributed by atoms with Crippen molar-refractivity contribution in [1.29, 1.82) is 0 Å². The lowest BCUT2D eigenvalue weighted by atomic mass is 10.1. The molecule has 0 unspecified atom stereocenters. The van der Waals surface area contributed by atoms with Gasteiger partial charge in [0, 0.05) is 11.3 Å². The maximum absolute atomic E-state index is 12.1. The zero-order chi connectivity index (χ0) is 17.7. The maximum Gasteiger partial charge on any atom is 0.262 e. The molecule has 2 rings (SSSR count). The van der Waals surface area contributed by atoms with Crippen molar-refractivity contribution in [3.63, 3.8) is 0 Å². The van der Waals surface area contributed by atoms with E-state index in [0.29, 0.717) is 27.8 Å². The van der Waals surface area contributed by atoms with E-state index in [-0.39, 0.29) is 12.5 Å². The molecule has 0 aromatic heterocycles. The van der Waals surface area contributed by atoms with E-state index >= 15 is 0 Å². The summed E-state index contributed by atoms with van der Waals surface area (Å²) in [6.07, 6.45) is 0.712. The van der Waals surface area contributed by atoms with Gasteiger partial charge in [0.1, 0.15) is 6.29 Å². The number of rotatable bonds is 6. The average molecular weight is 392 g/mol. The van der Waals surface area contributed by atoms with Crippen molar-refractivity contribution in [3.05, 3.63) is 51.5 Å². The fraction of sp³-hybridized carbons (Fsp3) is 0.222. The summed E-state index contributed by atoms with van der Waals surface area (Å²) in [6.45, 7) is 3.76. The van der Waals surface area contributed by atoms with Crippen LogP contribution >= 0.6 is 15.9 Å². The Hall–Kier alpha value is -2.34. The van der Waals surface area contributed by atoms with Gasteiger partial charge in [0.15, 0.2) is 18.1 Å². The molecule has 0 aliphatic heterocycles. The van der Waals surface area contributed by atoms with Crippen LogP contribution in [0.4, 0.5) is 5.69 Å². The molecule has 0 fully saturated rings. The summed E-state index contributed by atoms with van der Waals surface area (Å²) in [6, 6.07) is 8.96. The van der Waals surface area contributed by atoms with E-state index in [9.17, 15) is 9.59 Å². The standard InChI is InChI=1S/C18H18BrNO4/c1-11-4-12(2)6-14(5-11)20-17(22)10-24-18-15(19)7-13(9-21)8-16(18)23-3/h4-9H,10H2,1-3H3,(H,20,22). The Labute approximate surface area is 149 Å². The molecule has 0 aliphatic carbocycles. The van der Waals surface area contributed by atoms with Gasteiger partial charge < -0.3 is 14.8 Å². The van der Waals surface area contributed by atoms with Gasteiger partial charge in [0.2, 0.25) is 0 Å². The lowest BCUT2D eigenvalue weighted by Gasteiger charge is -2.13. The number of aryl methyl sites for hydroxylation is 2. The van der Waals surface area contributed by atoms with Crippen LogP contribution in [-0.4, -0.2) is 25.9 Å². The number of methoxy groups -OCH3 is 1. The highest BCUT2D eigenvalue weighted by Gasteiger charge is 2.13. The van der Waals surface area contributed by atoms with E-state index in [1.165, 1.54) is 7.11 Å². The largest absolute Gasteiger partial charge is 0.493 e. The van der Waals surface area contributed by atoms with Gasteiger partial charge in [-0.15, -0.1) is 0 Å². The molecule has 0 saturated heterocycles. The van der Waals surface area contributed by atoms with Crippen molar-refractivity contribution >= 4 is 33.8 Å². The van der Waals surface area contributed by atoms with Gasteiger partial charge in [-0.2, -0.15) is 0 Å². The Bertz CT molecular complexity index is 754. The van der Waals surface area contributed by atoms with Gasteiger partial charge in [-0.3, -0.25) is 9.59 Å². The molecule has 0 radical (unpaired) electrons. The first kappa shape index (κ1) is 18.0. The Morgan fingerprint density at radius 1 is 1.17 bits per heavy atom. The van der Waals surface area contributed by atoms with Crippen LogP contribution in [0, 0.1) is 13.8 Å². The van der Waals surface area contributed by atoms with E-state index in [2.05, 4.69) is 21.2 Å². The van der Waals surface area contributed by atoms with Crippen LogP contribution in [0.25, 0.3) is 0 Å². The molecule has 5 nitrogen and oxygen atoms in total. The van der Waals surface area contributed by atoms with E-state index in [1.54, 1.807) is 12.1 Å². The van der Waals surface area contributed by atoms with Crippen LogP contribution in [0.5, 0.6) is 11.5 Å². The Kier molecular flexibility index (Phi) is 5.98. The lowest BCUT2D eigenvalue weighted by Crippen LogP contribution is -2.20. The summed E-state index contributed by atoms with van der Waals surface area (Å²) in [4.78, 5) is 23.0. The second-order valence-corrected chi connectivity index (χ2v) is 6.22. The third-order valence-electron chi connectivity index (χ3n) is 3.24. The number of carbonyl (C=O) groups excluding carboxylic acids is 2. The van der Waals surface area contributed by atoms with Crippen molar-refractivity contribution in [2.75, 3.05) is 19.0 Å². The number of aldehydes is 1. The molecule has 24 heavy (non-hydrogen) atoms. The number of hydrogen-bond acceptors (Lipinski definition) is 4. The molecule has 6 heteroatoms. The summed E-state index contributed by atoms with van der Waals surface area (Å²) in [5, 5.41) is 2.80. The minimum Gasteiger partial charge on any atom is -0.493 e. The molecule has 1 amide bonds. The molecule has 0 aliphatic rings. The van der Waals surface area contributed by atoms with Crippen molar-refractivity contribution in [2.24, 2.45) is 0 Å². The number of ether oxygens (including phenoxy) is 2. The van der Waals surface area contributed by atoms with Gasteiger partial charge in [-0.25, -0.2) is 0 Å². The highest BCUT2D eigenvalue weighted by Crippen LogP contribution is 2.36. The molecule has 2 aromatic carbocycles. The minimum absolute atomic E-state index is 0.178. The third kappa shape index (κ3) is 4.58. The molecule has 0 heterocycles. The predicted molar refractivity (Wildman–Crippen MR) is 96.1 cm³/mol. The fourth-order valence-electron chi connectivity index (χ4n) is 2.33. The van der Waals surface area contributed by atoms with Crippen LogP contribution < -0.4 is 14.8 Å². The zero-order valence-electron chi connectivity index (χ0n) is 13.7. The SMILES string of the molecule is COc1cc(C=O)cc(Br)c1OCC(=O)Nc1cc(C)cc(C)c1. The number of nitrogens with one attached hydrogen (secondary N) is 1. The first-order chi connectivity index (χ1) is 11.4. The van der Waals surface area contributed by atoms with Gasteiger partial charge in [-0.05, 0) is 65.2 Å². The van der Waals surface area contributed by atoms with Crippen LogP contribution in [0.3, 0.4) is 0 Å². The quantitative estimate of drug-likeness (QED) is 0.758. The highest BCUT2D eigenvalue weighted by molar-refractivity contribution is 9.10. The molecular formula is C18H18BrNO4. The monoisotopic (exact) mass is 391 g/mol. The normalized spacial score (nSPS) is 10.2. The first-order valence-electron chi connectivity index (χ1n) is 7.26. The number of benzene rings is 2. The van der Waals surface area contributed by atoms with Crippen LogP contribution in [0.1, 0.15) is 21.5 Å². The van der Waals surface area contributed by atoms with E-state index in [4.69, 9.17) is 9.47 Å². The molecule has 0 saturated carbocycles. The fourth-order valence-corrected chi connectivity index (χ4v) is 2.90. The average Bonchev–Trinajstić information content (AvgIpc) is 2.51. The Morgan fingerprint density at radius 2 is 1.83 bits per heavy atom. The second-order valence-electron chi connectivity index (χ2n) is 5.37.